The Morgan fingerprint density at radius 3 is 2.40 bits per heavy atom. The van der Waals surface area contributed by atoms with Crippen LogP contribution in [0.5, 0.6) is 0 Å². The highest BCUT2D eigenvalue weighted by Gasteiger charge is 2.26. The number of hydrogen-bond donors (Lipinski definition) is 2. The third-order valence-corrected chi connectivity index (χ3v) is 4.83. The lowest BCUT2D eigenvalue weighted by Crippen LogP contribution is -2.34. The van der Waals surface area contributed by atoms with Crippen molar-refractivity contribution in [2.24, 2.45) is 5.92 Å². The Morgan fingerprint density at radius 2 is 1.70 bits per heavy atom. The highest BCUT2D eigenvalue weighted by Crippen LogP contribution is 2.37. The zero-order valence-electron chi connectivity index (χ0n) is 18.2. The van der Waals surface area contributed by atoms with Crippen LogP contribution in [0.15, 0.2) is 42.5 Å². The van der Waals surface area contributed by atoms with E-state index in [1.165, 1.54) is 0 Å². The summed E-state index contributed by atoms with van der Waals surface area (Å²) in [6, 6.07) is 13.5. The molecule has 2 N–H and O–H groups in total. The molecule has 6 nitrogen and oxygen atoms in total. The standard InChI is InChI=1S/C24H31N3O3/c1-16(2)14-30-15-23(28)27-21-8-6-5-7-18(21)9-10-19-11-12-20(13-22(19)27)26-24(29)25-17(3)4/h5-8,11-13,16-17H,9-10,14-15H2,1-4H3,(H2,25,26,29). The Morgan fingerprint density at radius 1 is 1.00 bits per heavy atom. The van der Waals surface area contributed by atoms with Crippen LogP contribution in [0.1, 0.15) is 38.8 Å². The normalized spacial score (nSPS) is 12.9. The molecular weight excluding hydrogens is 378 g/mol. The molecule has 0 fully saturated rings. The van der Waals surface area contributed by atoms with Crippen LogP contribution in [0.25, 0.3) is 0 Å². The van der Waals surface area contributed by atoms with Crippen molar-refractivity contribution in [1.82, 2.24) is 5.32 Å². The zero-order chi connectivity index (χ0) is 21.7. The first-order valence-electron chi connectivity index (χ1n) is 10.5. The monoisotopic (exact) mass is 409 g/mol. The van der Waals surface area contributed by atoms with Crippen molar-refractivity contribution in [1.29, 1.82) is 0 Å². The number of carbonyl (C=O) groups excluding carboxylic acids is 2. The molecule has 3 amide bonds. The maximum absolute atomic E-state index is 13.2. The number of benzene rings is 2. The summed E-state index contributed by atoms with van der Waals surface area (Å²) in [5.41, 5.74) is 4.50. The fraction of sp³-hybridized carbons (Fsp3) is 0.417. The van der Waals surface area contributed by atoms with Gasteiger partial charge in [-0.2, -0.15) is 0 Å². The van der Waals surface area contributed by atoms with Crippen molar-refractivity contribution in [2.75, 3.05) is 23.4 Å². The molecule has 0 aliphatic carbocycles. The van der Waals surface area contributed by atoms with Gasteiger partial charge in [-0.3, -0.25) is 9.69 Å². The highest BCUT2D eigenvalue weighted by atomic mass is 16.5. The third kappa shape index (κ3) is 5.39. The topological polar surface area (TPSA) is 70.7 Å². The number of hydrogen-bond acceptors (Lipinski definition) is 3. The lowest BCUT2D eigenvalue weighted by Gasteiger charge is -2.26. The van der Waals surface area contributed by atoms with E-state index in [0.717, 1.165) is 35.3 Å². The minimum absolute atomic E-state index is 0.0114. The average Bonchev–Trinajstić information content (AvgIpc) is 2.83. The predicted molar refractivity (Wildman–Crippen MR) is 120 cm³/mol. The van der Waals surface area contributed by atoms with Gasteiger partial charge in [0, 0.05) is 18.3 Å². The predicted octanol–water partition coefficient (Wildman–Crippen LogP) is 4.65. The maximum Gasteiger partial charge on any atom is 0.319 e. The molecule has 0 atom stereocenters. The number of anilines is 3. The number of nitrogens with zero attached hydrogens (tertiary/aromatic N) is 1. The van der Waals surface area contributed by atoms with Gasteiger partial charge in [-0.25, -0.2) is 4.79 Å². The molecule has 0 radical (unpaired) electrons. The molecule has 6 heteroatoms. The fourth-order valence-electron chi connectivity index (χ4n) is 3.55. The van der Waals surface area contributed by atoms with Crippen molar-refractivity contribution >= 4 is 29.0 Å². The summed E-state index contributed by atoms with van der Waals surface area (Å²) in [7, 11) is 0. The Labute approximate surface area is 178 Å². The van der Waals surface area contributed by atoms with Gasteiger partial charge >= 0.3 is 6.03 Å². The minimum atomic E-state index is -0.267. The number of amides is 3. The number of ether oxygens (including phenoxy) is 1. The molecule has 0 saturated heterocycles. The van der Waals surface area contributed by atoms with Crippen LogP contribution in [0.4, 0.5) is 21.9 Å². The van der Waals surface area contributed by atoms with Gasteiger partial charge in [-0.1, -0.05) is 38.1 Å². The number of para-hydroxylation sites is 1. The number of urea groups is 1. The van der Waals surface area contributed by atoms with Gasteiger partial charge in [0.2, 0.25) is 0 Å². The second-order valence-electron chi connectivity index (χ2n) is 8.36. The molecule has 0 bridgehead atoms. The third-order valence-electron chi connectivity index (χ3n) is 4.83. The van der Waals surface area contributed by atoms with Crippen LogP contribution >= 0.6 is 0 Å². The van der Waals surface area contributed by atoms with Crippen molar-refractivity contribution in [3.8, 4) is 0 Å². The van der Waals surface area contributed by atoms with Crippen LogP contribution in [0, 0.1) is 5.92 Å². The van der Waals surface area contributed by atoms with Gasteiger partial charge in [0.1, 0.15) is 6.61 Å². The zero-order valence-corrected chi connectivity index (χ0v) is 18.2. The van der Waals surface area contributed by atoms with Crippen molar-refractivity contribution in [2.45, 2.75) is 46.6 Å². The Bertz CT molecular complexity index is 908. The molecule has 0 unspecified atom stereocenters. The smallest absolute Gasteiger partial charge is 0.319 e. The molecule has 160 valence electrons. The van der Waals surface area contributed by atoms with E-state index in [9.17, 15) is 9.59 Å². The summed E-state index contributed by atoms with van der Waals surface area (Å²) < 4.78 is 5.65. The fourth-order valence-corrected chi connectivity index (χ4v) is 3.55. The van der Waals surface area contributed by atoms with Gasteiger partial charge in [0.25, 0.3) is 5.91 Å². The molecular formula is C24H31N3O3. The van der Waals surface area contributed by atoms with Crippen molar-refractivity contribution < 1.29 is 14.3 Å². The summed E-state index contributed by atoms with van der Waals surface area (Å²) in [6.45, 7) is 8.47. The van der Waals surface area contributed by atoms with Crippen LogP contribution in [-0.4, -0.2) is 31.2 Å². The molecule has 2 aromatic rings. The Balaban J connectivity index is 1.94. The van der Waals surface area contributed by atoms with E-state index in [2.05, 4.69) is 30.5 Å². The largest absolute Gasteiger partial charge is 0.371 e. The molecule has 0 aromatic heterocycles. The quantitative estimate of drug-likeness (QED) is 0.729. The van der Waals surface area contributed by atoms with Crippen LogP contribution in [0.2, 0.25) is 0 Å². The first kappa shape index (κ1) is 21.8. The SMILES string of the molecule is CC(C)COCC(=O)N1c2ccccc2CCc2ccc(NC(=O)NC(C)C)cc21. The molecule has 0 spiro atoms. The second-order valence-corrected chi connectivity index (χ2v) is 8.36. The molecule has 0 saturated carbocycles. The number of nitrogens with one attached hydrogen (secondary N) is 2. The summed E-state index contributed by atoms with van der Waals surface area (Å²) in [5.74, 6) is 0.242. The first-order valence-corrected chi connectivity index (χ1v) is 10.5. The summed E-state index contributed by atoms with van der Waals surface area (Å²) in [5, 5.41) is 5.69. The van der Waals surface area contributed by atoms with Gasteiger partial charge < -0.3 is 15.4 Å². The van der Waals surface area contributed by atoms with E-state index >= 15 is 0 Å². The van der Waals surface area contributed by atoms with Crippen molar-refractivity contribution in [3.63, 3.8) is 0 Å². The molecule has 1 aliphatic rings. The molecule has 3 rings (SSSR count). The first-order chi connectivity index (χ1) is 14.3. The van der Waals surface area contributed by atoms with E-state index in [0.29, 0.717) is 18.2 Å². The van der Waals surface area contributed by atoms with Gasteiger partial charge in [-0.15, -0.1) is 0 Å². The number of aryl methyl sites for hydroxylation is 2. The van der Waals surface area contributed by atoms with Gasteiger partial charge in [0.05, 0.1) is 11.4 Å². The number of carbonyl (C=O) groups is 2. The Hall–Kier alpha value is -2.86. The second kappa shape index (κ2) is 9.76. The molecule has 30 heavy (non-hydrogen) atoms. The van der Waals surface area contributed by atoms with E-state index in [1.54, 1.807) is 4.90 Å². The molecule has 2 aromatic carbocycles. The lowest BCUT2D eigenvalue weighted by molar-refractivity contribution is -0.122. The number of fused-ring (bicyclic) bond motifs is 2. The van der Waals surface area contributed by atoms with E-state index < -0.39 is 0 Å². The summed E-state index contributed by atoms with van der Waals surface area (Å²) >= 11 is 0. The summed E-state index contributed by atoms with van der Waals surface area (Å²) in [4.78, 5) is 27.1. The van der Waals surface area contributed by atoms with Crippen molar-refractivity contribution in [3.05, 3.63) is 53.6 Å². The van der Waals surface area contributed by atoms with Crippen LogP contribution < -0.4 is 15.5 Å². The van der Waals surface area contributed by atoms with E-state index in [-0.39, 0.29) is 24.6 Å². The average molecular weight is 410 g/mol. The number of rotatable bonds is 6. The van der Waals surface area contributed by atoms with Gasteiger partial charge in [0.15, 0.2) is 0 Å². The Kier molecular flexibility index (Phi) is 7.11. The molecule has 1 aliphatic heterocycles. The maximum atomic E-state index is 13.2. The van der Waals surface area contributed by atoms with Crippen LogP contribution in [-0.2, 0) is 22.4 Å². The van der Waals surface area contributed by atoms with E-state index in [4.69, 9.17) is 4.74 Å². The van der Waals surface area contributed by atoms with E-state index in [1.807, 2.05) is 50.2 Å². The lowest BCUT2D eigenvalue weighted by atomic mass is 10.0. The highest BCUT2D eigenvalue weighted by molar-refractivity contribution is 6.04. The minimum Gasteiger partial charge on any atom is -0.371 e. The van der Waals surface area contributed by atoms with Gasteiger partial charge in [-0.05, 0) is 61.9 Å². The van der Waals surface area contributed by atoms with Crippen LogP contribution in [0.3, 0.4) is 0 Å². The molecule has 1 heterocycles. The summed E-state index contributed by atoms with van der Waals surface area (Å²) in [6.07, 6.45) is 1.67.